The summed E-state index contributed by atoms with van der Waals surface area (Å²) in [5, 5.41) is 23.7. The van der Waals surface area contributed by atoms with Crippen LogP contribution < -0.4 is 14.8 Å². The number of hydrogen-bond donors (Lipinski definition) is 1. The normalized spacial score (nSPS) is 14.6. The summed E-state index contributed by atoms with van der Waals surface area (Å²) in [5.41, 5.74) is -0.496. The van der Waals surface area contributed by atoms with Crippen LogP contribution in [0.1, 0.15) is 5.56 Å². The lowest BCUT2D eigenvalue weighted by molar-refractivity contribution is -0.394. The highest BCUT2D eigenvalue weighted by Crippen LogP contribution is 2.39. The van der Waals surface area contributed by atoms with Crippen LogP contribution in [0.5, 0.6) is 17.2 Å². The van der Waals surface area contributed by atoms with Crippen LogP contribution in [0.15, 0.2) is 41.3 Å². The van der Waals surface area contributed by atoms with Crippen LogP contribution in [0, 0.1) is 20.2 Å². The summed E-state index contributed by atoms with van der Waals surface area (Å²) in [7, 11) is 1.35. The van der Waals surface area contributed by atoms with E-state index in [1.165, 1.54) is 25.3 Å². The van der Waals surface area contributed by atoms with Crippen molar-refractivity contribution in [1.29, 1.82) is 0 Å². The number of imide groups is 1. The molecule has 1 fully saturated rings. The first kappa shape index (κ1) is 19.8. The average molecular weight is 417 g/mol. The monoisotopic (exact) mass is 417 g/mol. The minimum Gasteiger partial charge on any atom is -0.493 e. The molecular formula is C17H11N3O8S. The maximum absolute atomic E-state index is 11.6. The number of hydrogen-bond acceptors (Lipinski definition) is 9. The smallest absolute Gasteiger partial charge is 0.318 e. The molecular weight excluding hydrogens is 406 g/mol. The Hall–Kier alpha value is -3.93. The van der Waals surface area contributed by atoms with Crippen molar-refractivity contribution in [2.24, 2.45) is 0 Å². The van der Waals surface area contributed by atoms with E-state index in [1.54, 1.807) is 6.07 Å². The molecule has 0 radical (unpaired) electrons. The molecule has 1 aliphatic heterocycles. The van der Waals surface area contributed by atoms with Gasteiger partial charge in [0.15, 0.2) is 11.5 Å². The molecule has 2 aromatic carbocycles. The summed E-state index contributed by atoms with van der Waals surface area (Å²) < 4.78 is 10.8. The number of non-ortho nitro benzene ring substituents is 1. The zero-order valence-corrected chi connectivity index (χ0v) is 15.4. The van der Waals surface area contributed by atoms with Crippen LogP contribution in [0.3, 0.4) is 0 Å². The summed E-state index contributed by atoms with van der Waals surface area (Å²) >= 11 is 0.757. The van der Waals surface area contributed by atoms with Gasteiger partial charge in [0.05, 0.1) is 27.9 Å². The number of carbonyl (C=O) groups is 2. The molecule has 29 heavy (non-hydrogen) atoms. The van der Waals surface area contributed by atoms with Crippen molar-refractivity contribution in [2.75, 3.05) is 7.11 Å². The molecule has 0 spiro atoms. The molecule has 1 saturated heterocycles. The highest BCUT2D eigenvalue weighted by molar-refractivity contribution is 8.18. The topological polar surface area (TPSA) is 151 Å². The van der Waals surface area contributed by atoms with E-state index in [0.29, 0.717) is 5.56 Å². The summed E-state index contributed by atoms with van der Waals surface area (Å²) in [4.78, 5) is 43.6. The molecule has 0 saturated carbocycles. The summed E-state index contributed by atoms with van der Waals surface area (Å²) in [6.45, 7) is 0. The molecule has 148 valence electrons. The Morgan fingerprint density at radius 3 is 2.31 bits per heavy atom. The van der Waals surface area contributed by atoms with Gasteiger partial charge >= 0.3 is 5.69 Å². The van der Waals surface area contributed by atoms with Gasteiger partial charge < -0.3 is 9.47 Å². The van der Waals surface area contributed by atoms with Gasteiger partial charge in [-0.3, -0.25) is 35.1 Å². The molecule has 0 unspecified atom stereocenters. The molecule has 0 aromatic heterocycles. The lowest BCUT2D eigenvalue weighted by Crippen LogP contribution is -2.17. The number of nitro benzene ring substituents is 2. The second-order valence-corrected chi connectivity index (χ2v) is 6.55. The first-order chi connectivity index (χ1) is 13.8. The van der Waals surface area contributed by atoms with E-state index in [-0.39, 0.29) is 22.2 Å². The number of nitro groups is 2. The van der Waals surface area contributed by atoms with E-state index in [1.807, 2.05) is 0 Å². The minimum atomic E-state index is -0.791. The Bertz CT molecular complexity index is 1080. The number of ether oxygens (including phenoxy) is 2. The zero-order valence-electron chi connectivity index (χ0n) is 14.6. The van der Waals surface area contributed by atoms with Gasteiger partial charge in [-0.25, -0.2) is 0 Å². The van der Waals surface area contributed by atoms with Crippen LogP contribution in [0.2, 0.25) is 0 Å². The SMILES string of the molecule is COc1cc(C=C2SC(=O)NC2=O)ccc1Oc1ccc([N+](=O)[O-])cc1[N+](=O)[O-]. The number of thioether (sulfide) groups is 1. The second-order valence-electron chi connectivity index (χ2n) is 5.53. The van der Waals surface area contributed by atoms with E-state index in [4.69, 9.17) is 9.47 Å². The summed E-state index contributed by atoms with van der Waals surface area (Å²) in [6.07, 6.45) is 1.48. The lowest BCUT2D eigenvalue weighted by atomic mass is 10.2. The molecule has 3 rings (SSSR count). The van der Waals surface area contributed by atoms with E-state index < -0.39 is 32.4 Å². The fourth-order valence-electron chi connectivity index (χ4n) is 2.40. The van der Waals surface area contributed by atoms with Crippen LogP contribution in [-0.2, 0) is 4.79 Å². The van der Waals surface area contributed by atoms with Crippen LogP contribution in [-0.4, -0.2) is 28.1 Å². The summed E-state index contributed by atoms with van der Waals surface area (Å²) in [5.74, 6) is -0.407. The molecule has 12 heteroatoms. The number of amides is 2. The van der Waals surface area contributed by atoms with Crippen molar-refractivity contribution < 1.29 is 28.9 Å². The van der Waals surface area contributed by atoms with Gasteiger partial charge in [0.1, 0.15) is 0 Å². The lowest BCUT2D eigenvalue weighted by Gasteiger charge is -2.11. The number of carbonyl (C=O) groups excluding carboxylic acids is 2. The number of nitrogens with zero attached hydrogens (tertiary/aromatic N) is 2. The molecule has 0 bridgehead atoms. The molecule has 2 aromatic rings. The minimum absolute atomic E-state index is 0.117. The van der Waals surface area contributed by atoms with Crippen LogP contribution in [0.25, 0.3) is 6.08 Å². The van der Waals surface area contributed by atoms with Gasteiger partial charge in [-0.1, -0.05) is 6.07 Å². The number of methoxy groups -OCH3 is 1. The Morgan fingerprint density at radius 2 is 1.72 bits per heavy atom. The van der Waals surface area contributed by atoms with E-state index in [2.05, 4.69) is 5.32 Å². The zero-order chi connectivity index (χ0) is 21.1. The van der Waals surface area contributed by atoms with Crippen molar-refractivity contribution in [1.82, 2.24) is 5.32 Å². The fraction of sp³-hybridized carbons (Fsp3) is 0.0588. The van der Waals surface area contributed by atoms with Crippen molar-refractivity contribution in [3.8, 4) is 17.2 Å². The Balaban J connectivity index is 1.93. The first-order valence-electron chi connectivity index (χ1n) is 7.82. The van der Waals surface area contributed by atoms with Gasteiger partial charge in [0.2, 0.25) is 5.75 Å². The van der Waals surface area contributed by atoms with Crippen molar-refractivity contribution in [3.05, 3.63) is 67.1 Å². The highest BCUT2D eigenvalue weighted by atomic mass is 32.2. The maximum atomic E-state index is 11.6. The average Bonchev–Trinajstić information content (AvgIpc) is 2.99. The van der Waals surface area contributed by atoms with E-state index in [0.717, 1.165) is 30.0 Å². The van der Waals surface area contributed by atoms with Gasteiger partial charge in [0, 0.05) is 6.07 Å². The Morgan fingerprint density at radius 1 is 1.00 bits per heavy atom. The maximum Gasteiger partial charge on any atom is 0.318 e. The summed E-state index contributed by atoms with van der Waals surface area (Å²) in [6, 6.07) is 7.52. The third-order valence-corrected chi connectivity index (χ3v) is 4.51. The van der Waals surface area contributed by atoms with Gasteiger partial charge in [-0.05, 0) is 41.6 Å². The molecule has 0 atom stereocenters. The predicted molar refractivity (Wildman–Crippen MR) is 102 cm³/mol. The first-order valence-corrected chi connectivity index (χ1v) is 8.63. The molecule has 1 N–H and O–H groups in total. The number of benzene rings is 2. The molecule has 11 nitrogen and oxygen atoms in total. The standard InChI is InChI=1S/C17H11N3O8S/c1-27-14-6-9(7-15-16(21)18-17(22)29-15)2-4-13(14)28-12-5-3-10(19(23)24)8-11(12)20(25)26/h2-8H,1H3,(H,18,21,22). The third-order valence-electron chi connectivity index (χ3n) is 3.70. The van der Waals surface area contributed by atoms with E-state index in [9.17, 15) is 29.8 Å². The molecule has 0 aliphatic carbocycles. The van der Waals surface area contributed by atoms with Crippen molar-refractivity contribution in [2.45, 2.75) is 0 Å². The third kappa shape index (κ3) is 4.32. The molecule has 2 amide bonds. The molecule has 1 aliphatic rings. The van der Waals surface area contributed by atoms with E-state index >= 15 is 0 Å². The second kappa shape index (κ2) is 7.98. The van der Waals surface area contributed by atoms with Crippen molar-refractivity contribution in [3.63, 3.8) is 0 Å². The number of rotatable bonds is 6. The Kier molecular flexibility index (Phi) is 5.45. The molecule has 1 heterocycles. The van der Waals surface area contributed by atoms with Crippen LogP contribution in [0.4, 0.5) is 16.2 Å². The van der Waals surface area contributed by atoms with Gasteiger partial charge in [-0.15, -0.1) is 0 Å². The number of nitrogens with one attached hydrogen (secondary N) is 1. The van der Waals surface area contributed by atoms with Crippen molar-refractivity contribution >= 4 is 40.4 Å². The van der Waals surface area contributed by atoms with Gasteiger partial charge in [0.25, 0.3) is 16.8 Å². The Labute approximate surface area is 166 Å². The largest absolute Gasteiger partial charge is 0.493 e. The predicted octanol–water partition coefficient (Wildman–Crippen LogP) is 3.63. The van der Waals surface area contributed by atoms with Gasteiger partial charge in [-0.2, -0.15) is 0 Å². The quantitative estimate of drug-likeness (QED) is 0.422. The fourth-order valence-corrected chi connectivity index (χ4v) is 3.08. The van der Waals surface area contributed by atoms with Crippen LogP contribution >= 0.6 is 11.8 Å². The highest BCUT2D eigenvalue weighted by Gasteiger charge is 2.25.